The molecule has 12 nitrogen and oxygen atoms in total. The van der Waals surface area contributed by atoms with Crippen molar-refractivity contribution in [2.45, 2.75) is 326 Å². The van der Waals surface area contributed by atoms with E-state index in [1.54, 1.807) is 0 Å². The van der Waals surface area contributed by atoms with Gasteiger partial charge in [0.05, 0.1) is 13.2 Å². The number of hydrogen-bond donors (Lipinski definition) is 6. The number of rotatable bonds is 53. The van der Waals surface area contributed by atoms with Gasteiger partial charge in [-0.3, -0.25) is 13.8 Å². The summed E-state index contributed by atoms with van der Waals surface area (Å²) in [4.78, 5) is 23.3. The molecule has 0 aliphatic heterocycles. The molecule has 1 rings (SSSR count). The highest BCUT2D eigenvalue weighted by molar-refractivity contribution is 7.47. The Morgan fingerprint density at radius 2 is 0.736 bits per heavy atom. The van der Waals surface area contributed by atoms with Crippen LogP contribution in [-0.2, 0) is 27.9 Å². The highest BCUT2D eigenvalue weighted by Gasteiger charge is 2.51. The standard InChI is InChI=1S/C59H113O12P/c1-3-5-7-9-11-13-15-17-19-21-23-25-27-28-30-32-34-36-38-40-42-44-46-48-53(60)70-52(51-69-72(66,67)71-59-57(64)55(62)54(61)56(63)58(59)65)50-68-49-47-45-43-41-39-37-35-33-31-29-26-24-22-20-18-16-14-12-10-8-6-4-2/h21-24,52,54-59,61-65H,3-20,25-51H2,1-2H3,(H,66,67)/b23-21-,24-22-. The molecule has 1 aliphatic carbocycles. The molecule has 0 amide bonds. The van der Waals surface area contributed by atoms with Crippen LogP contribution in [0, 0.1) is 0 Å². The SMILES string of the molecule is CCCCCCCCCC/C=C\CCCCCCCCCCCCCC(=O)OC(COCCCCCCCCCCCC/C=C\CCCCCCCCCC)COP(=O)(O)OC1C(O)C(O)C(O)C(O)C1O. The highest BCUT2D eigenvalue weighted by atomic mass is 31.2. The van der Waals surface area contributed by atoms with Gasteiger partial charge in [-0.15, -0.1) is 0 Å². The smallest absolute Gasteiger partial charge is 0.457 e. The molecule has 13 heteroatoms. The zero-order valence-corrected chi connectivity index (χ0v) is 47.1. The van der Waals surface area contributed by atoms with Crippen LogP contribution in [0.4, 0.5) is 0 Å². The lowest BCUT2D eigenvalue weighted by atomic mass is 9.85. The quantitative estimate of drug-likeness (QED) is 0.0146. The molecule has 72 heavy (non-hydrogen) atoms. The number of phosphoric acid groups is 1. The fourth-order valence-corrected chi connectivity index (χ4v) is 10.5. The Hall–Kier alpha value is -1.18. The van der Waals surface area contributed by atoms with E-state index in [4.69, 9.17) is 18.5 Å². The molecular formula is C59H113O12P. The molecule has 0 spiro atoms. The first-order valence-corrected chi connectivity index (χ1v) is 31.7. The maximum Gasteiger partial charge on any atom is 0.472 e. The first-order chi connectivity index (χ1) is 35.0. The van der Waals surface area contributed by atoms with E-state index < -0.39 is 63.1 Å². The fraction of sp³-hybridized carbons (Fsp3) is 0.915. The fourth-order valence-electron chi connectivity index (χ4n) is 9.53. The summed E-state index contributed by atoms with van der Waals surface area (Å²) in [5.74, 6) is -0.473. The van der Waals surface area contributed by atoms with Gasteiger partial charge in [0.1, 0.15) is 42.7 Å². The second-order valence-corrected chi connectivity index (χ2v) is 22.6. The van der Waals surface area contributed by atoms with Crippen molar-refractivity contribution in [2.24, 2.45) is 0 Å². The van der Waals surface area contributed by atoms with Gasteiger partial charge in [0, 0.05) is 13.0 Å². The number of hydrogen-bond acceptors (Lipinski definition) is 11. The van der Waals surface area contributed by atoms with Gasteiger partial charge in [-0.05, 0) is 64.2 Å². The third-order valence-corrected chi connectivity index (χ3v) is 15.3. The summed E-state index contributed by atoms with van der Waals surface area (Å²) in [6.07, 6.45) is 48.2. The van der Waals surface area contributed by atoms with Crippen LogP contribution in [0.15, 0.2) is 24.3 Å². The van der Waals surface area contributed by atoms with Gasteiger partial charge >= 0.3 is 13.8 Å². The van der Waals surface area contributed by atoms with E-state index >= 15 is 0 Å². The van der Waals surface area contributed by atoms with Crippen LogP contribution in [0.1, 0.15) is 284 Å². The molecule has 1 aliphatic rings. The van der Waals surface area contributed by atoms with E-state index in [0.29, 0.717) is 13.0 Å². The number of unbranched alkanes of at least 4 members (excludes halogenated alkanes) is 37. The van der Waals surface area contributed by atoms with E-state index in [1.165, 1.54) is 218 Å². The molecule has 0 radical (unpaired) electrons. The Balaban J connectivity index is 2.26. The number of aliphatic hydroxyl groups excluding tert-OH is 5. The molecular weight excluding hydrogens is 932 g/mol. The zero-order chi connectivity index (χ0) is 52.6. The third-order valence-electron chi connectivity index (χ3n) is 14.3. The minimum absolute atomic E-state index is 0.0739. The lowest BCUT2D eigenvalue weighted by Crippen LogP contribution is -2.64. The zero-order valence-electron chi connectivity index (χ0n) is 46.3. The van der Waals surface area contributed by atoms with Crippen LogP contribution in [0.3, 0.4) is 0 Å². The van der Waals surface area contributed by atoms with Crippen molar-refractivity contribution in [3.8, 4) is 0 Å². The van der Waals surface area contributed by atoms with Gasteiger partial charge in [0.2, 0.25) is 0 Å². The van der Waals surface area contributed by atoms with Gasteiger partial charge in [0.15, 0.2) is 0 Å². The average molecular weight is 1050 g/mol. The van der Waals surface area contributed by atoms with E-state index in [2.05, 4.69) is 38.2 Å². The third kappa shape index (κ3) is 40.1. The van der Waals surface area contributed by atoms with Crippen molar-refractivity contribution in [1.82, 2.24) is 0 Å². The van der Waals surface area contributed by atoms with Gasteiger partial charge in [-0.2, -0.15) is 0 Å². The molecule has 0 heterocycles. The summed E-state index contributed by atoms with van der Waals surface area (Å²) < 4.78 is 34.5. The van der Waals surface area contributed by atoms with Crippen molar-refractivity contribution >= 4 is 13.8 Å². The number of aliphatic hydroxyl groups is 5. The molecule has 0 aromatic rings. The number of esters is 1. The molecule has 6 atom stereocenters. The molecule has 0 saturated heterocycles. The molecule has 0 bridgehead atoms. The minimum Gasteiger partial charge on any atom is -0.457 e. The van der Waals surface area contributed by atoms with Crippen LogP contribution in [0.25, 0.3) is 0 Å². The van der Waals surface area contributed by atoms with Crippen LogP contribution in [0.5, 0.6) is 0 Å². The van der Waals surface area contributed by atoms with Gasteiger partial charge < -0.3 is 39.9 Å². The second kappa shape index (κ2) is 49.4. The van der Waals surface area contributed by atoms with Crippen LogP contribution in [0.2, 0.25) is 0 Å². The van der Waals surface area contributed by atoms with Gasteiger partial charge in [0.25, 0.3) is 0 Å². The molecule has 1 fully saturated rings. The predicted octanol–water partition coefficient (Wildman–Crippen LogP) is 14.8. The van der Waals surface area contributed by atoms with Crippen LogP contribution in [-0.4, -0.2) is 98.9 Å². The largest absolute Gasteiger partial charge is 0.472 e. The molecule has 1 saturated carbocycles. The summed E-state index contributed by atoms with van der Waals surface area (Å²) in [5.41, 5.74) is 0. The Bertz CT molecular complexity index is 1280. The Morgan fingerprint density at radius 1 is 0.431 bits per heavy atom. The Kier molecular flexibility index (Phi) is 47.2. The van der Waals surface area contributed by atoms with E-state index in [-0.39, 0.29) is 13.0 Å². The summed E-state index contributed by atoms with van der Waals surface area (Å²) in [6.45, 7) is 4.32. The molecule has 0 aromatic heterocycles. The number of ether oxygens (including phenoxy) is 2. The molecule has 6 N–H and O–H groups in total. The van der Waals surface area contributed by atoms with Crippen molar-refractivity contribution in [3.05, 3.63) is 24.3 Å². The number of carbonyl (C=O) groups is 1. The Labute approximate surface area is 440 Å². The first-order valence-electron chi connectivity index (χ1n) is 30.2. The monoisotopic (exact) mass is 1040 g/mol. The second-order valence-electron chi connectivity index (χ2n) is 21.2. The molecule has 6 unspecified atom stereocenters. The number of phosphoric ester groups is 1. The highest BCUT2D eigenvalue weighted by Crippen LogP contribution is 2.47. The van der Waals surface area contributed by atoms with Gasteiger partial charge in [-0.1, -0.05) is 237 Å². The first kappa shape index (κ1) is 68.8. The number of allylic oxidation sites excluding steroid dienone is 4. The van der Waals surface area contributed by atoms with E-state index in [9.17, 15) is 39.8 Å². The topological polar surface area (TPSA) is 192 Å². The predicted molar refractivity (Wildman–Crippen MR) is 295 cm³/mol. The Morgan fingerprint density at radius 3 is 1.10 bits per heavy atom. The van der Waals surface area contributed by atoms with Crippen LogP contribution < -0.4 is 0 Å². The maximum atomic E-state index is 12.9. The van der Waals surface area contributed by atoms with E-state index in [1.807, 2.05) is 0 Å². The summed E-state index contributed by atoms with van der Waals surface area (Å²) in [5, 5.41) is 50.5. The summed E-state index contributed by atoms with van der Waals surface area (Å²) in [6, 6.07) is 0. The maximum absolute atomic E-state index is 12.9. The lowest BCUT2D eigenvalue weighted by molar-refractivity contribution is -0.220. The van der Waals surface area contributed by atoms with Crippen LogP contribution >= 0.6 is 7.82 Å². The normalized spacial score (nSPS) is 20.7. The minimum atomic E-state index is -5.03. The van der Waals surface area contributed by atoms with Crippen molar-refractivity contribution < 1.29 is 58.3 Å². The van der Waals surface area contributed by atoms with Crippen molar-refractivity contribution in [1.29, 1.82) is 0 Å². The summed E-state index contributed by atoms with van der Waals surface area (Å²) in [7, 11) is -5.03. The molecule has 0 aromatic carbocycles. The molecule has 426 valence electrons. The van der Waals surface area contributed by atoms with Gasteiger partial charge in [-0.25, -0.2) is 4.57 Å². The lowest BCUT2D eigenvalue weighted by Gasteiger charge is -2.41. The summed E-state index contributed by atoms with van der Waals surface area (Å²) >= 11 is 0. The average Bonchev–Trinajstić information content (AvgIpc) is 3.37. The van der Waals surface area contributed by atoms with Crippen molar-refractivity contribution in [3.63, 3.8) is 0 Å². The van der Waals surface area contributed by atoms with E-state index in [0.717, 1.165) is 38.5 Å². The number of carbonyl (C=O) groups excluding carboxylic acids is 1. The van der Waals surface area contributed by atoms with Crippen molar-refractivity contribution in [2.75, 3.05) is 19.8 Å².